The summed E-state index contributed by atoms with van der Waals surface area (Å²) in [5.74, 6) is -0.0866. The molecule has 0 aliphatic rings. The Labute approximate surface area is 175 Å². The molecule has 2 rings (SSSR count). The third kappa shape index (κ3) is 5.71. The predicted molar refractivity (Wildman–Crippen MR) is 115 cm³/mol. The number of ether oxygens (including phenoxy) is 1. The van der Waals surface area contributed by atoms with E-state index in [-0.39, 0.29) is 43.7 Å². The van der Waals surface area contributed by atoms with Crippen molar-refractivity contribution in [1.29, 1.82) is 0 Å². The first-order valence-corrected chi connectivity index (χ1v) is 10.2. The molecule has 2 aromatic rings. The van der Waals surface area contributed by atoms with Gasteiger partial charge in [-0.25, -0.2) is 9.59 Å². The Hall–Kier alpha value is -3.10. The molecule has 1 aromatic heterocycles. The molecular formula is C21H30N4O5. The number of amides is 2. The van der Waals surface area contributed by atoms with Crippen molar-refractivity contribution >= 4 is 22.9 Å². The number of rotatable bonds is 9. The van der Waals surface area contributed by atoms with Crippen molar-refractivity contribution in [3.05, 3.63) is 45.1 Å². The average molecular weight is 418 g/mol. The summed E-state index contributed by atoms with van der Waals surface area (Å²) in [6, 6.07) is 6.42. The molecule has 30 heavy (non-hydrogen) atoms. The number of para-hydroxylation sites is 1. The predicted octanol–water partition coefficient (Wildman–Crippen LogP) is 1.46. The normalized spacial score (nSPS) is 12.0. The Morgan fingerprint density at radius 1 is 1.10 bits per heavy atom. The van der Waals surface area contributed by atoms with Gasteiger partial charge in [-0.2, -0.15) is 0 Å². The number of hydrogen-bond acceptors (Lipinski definition) is 5. The average Bonchev–Trinajstić information content (AvgIpc) is 2.69. The monoisotopic (exact) mass is 418 g/mol. The Balaban J connectivity index is 2.19. The molecule has 0 aliphatic carbocycles. The molecule has 0 saturated carbocycles. The van der Waals surface area contributed by atoms with Crippen molar-refractivity contribution in [3.8, 4) is 0 Å². The van der Waals surface area contributed by atoms with E-state index in [2.05, 4.69) is 10.6 Å². The summed E-state index contributed by atoms with van der Waals surface area (Å²) >= 11 is 0. The zero-order chi connectivity index (χ0) is 22.3. The Kier molecular flexibility index (Phi) is 8.20. The van der Waals surface area contributed by atoms with Crippen LogP contribution in [0.4, 0.5) is 4.79 Å². The van der Waals surface area contributed by atoms with Crippen molar-refractivity contribution in [3.63, 3.8) is 0 Å². The van der Waals surface area contributed by atoms with Gasteiger partial charge in [0.25, 0.3) is 5.56 Å². The van der Waals surface area contributed by atoms with Crippen LogP contribution in [-0.4, -0.2) is 40.3 Å². The van der Waals surface area contributed by atoms with Crippen LogP contribution in [0.3, 0.4) is 0 Å². The van der Waals surface area contributed by atoms with E-state index in [4.69, 9.17) is 4.74 Å². The minimum atomic E-state index is -0.533. The van der Waals surface area contributed by atoms with Gasteiger partial charge in [-0.1, -0.05) is 26.0 Å². The Morgan fingerprint density at radius 2 is 1.80 bits per heavy atom. The molecule has 0 saturated heterocycles. The summed E-state index contributed by atoms with van der Waals surface area (Å²) in [4.78, 5) is 49.6. The molecule has 2 N–H and O–H groups in total. The molecule has 0 aliphatic heterocycles. The van der Waals surface area contributed by atoms with Crippen LogP contribution < -0.4 is 21.9 Å². The highest BCUT2D eigenvalue weighted by molar-refractivity contribution is 5.81. The van der Waals surface area contributed by atoms with Crippen LogP contribution in [0.2, 0.25) is 0 Å². The van der Waals surface area contributed by atoms with Gasteiger partial charge in [-0.15, -0.1) is 0 Å². The number of aromatic nitrogens is 2. The highest BCUT2D eigenvalue weighted by Crippen LogP contribution is 2.08. The first-order valence-electron chi connectivity index (χ1n) is 10.2. The third-order valence-corrected chi connectivity index (χ3v) is 4.65. The number of nitrogens with zero attached hydrogens (tertiary/aromatic N) is 2. The summed E-state index contributed by atoms with van der Waals surface area (Å²) in [6.45, 7) is 7.90. The molecule has 0 radical (unpaired) electrons. The van der Waals surface area contributed by atoms with Crippen LogP contribution >= 0.6 is 0 Å². The topological polar surface area (TPSA) is 111 Å². The summed E-state index contributed by atoms with van der Waals surface area (Å²) in [7, 11) is 0. The first kappa shape index (κ1) is 23.2. The van der Waals surface area contributed by atoms with E-state index >= 15 is 0 Å². The minimum absolute atomic E-state index is 0.204. The molecule has 1 aromatic carbocycles. The lowest BCUT2D eigenvalue weighted by atomic mass is 10.0. The first-order chi connectivity index (χ1) is 14.3. The van der Waals surface area contributed by atoms with Crippen molar-refractivity contribution in [2.75, 3.05) is 13.2 Å². The maximum absolute atomic E-state index is 12.7. The van der Waals surface area contributed by atoms with E-state index < -0.39 is 11.8 Å². The Bertz CT molecular complexity index is 1010. The zero-order valence-electron chi connectivity index (χ0n) is 17.9. The van der Waals surface area contributed by atoms with Gasteiger partial charge < -0.3 is 15.4 Å². The SMILES string of the molecule is CCOC(=O)NC(CNC(=O)Cn1c(=O)n(CC)c(=O)c2ccccc21)CC(C)C. The van der Waals surface area contributed by atoms with Gasteiger partial charge in [0.1, 0.15) is 6.54 Å². The lowest BCUT2D eigenvalue weighted by Gasteiger charge is -2.21. The molecule has 9 nitrogen and oxygen atoms in total. The van der Waals surface area contributed by atoms with Crippen molar-refractivity contribution in [2.24, 2.45) is 5.92 Å². The second kappa shape index (κ2) is 10.6. The number of fused-ring (bicyclic) bond motifs is 1. The van der Waals surface area contributed by atoms with Gasteiger partial charge in [-0.3, -0.25) is 18.7 Å². The molecule has 2 amide bonds. The van der Waals surface area contributed by atoms with Crippen molar-refractivity contribution < 1.29 is 14.3 Å². The van der Waals surface area contributed by atoms with Crippen LogP contribution in [0.15, 0.2) is 33.9 Å². The second-order valence-corrected chi connectivity index (χ2v) is 7.43. The van der Waals surface area contributed by atoms with Crippen LogP contribution in [0.1, 0.15) is 34.1 Å². The zero-order valence-corrected chi connectivity index (χ0v) is 17.9. The number of nitrogens with one attached hydrogen (secondary N) is 2. The largest absolute Gasteiger partial charge is 0.450 e. The molecule has 0 bridgehead atoms. The summed E-state index contributed by atoms with van der Waals surface area (Å²) in [6.07, 6.45) is 0.123. The molecule has 9 heteroatoms. The summed E-state index contributed by atoms with van der Waals surface area (Å²) in [5.41, 5.74) is -0.485. The van der Waals surface area contributed by atoms with Crippen molar-refractivity contribution in [2.45, 2.75) is 53.2 Å². The lowest BCUT2D eigenvalue weighted by molar-refractivity contribution is -0.121. The van der Waals surface area contributed by atoms with E-state index in [9.17, 15) is 19.2 Å². The van der Waals surface area contributed by atoms with E-state index in [1.165, 1.54) is 4.57 Å². The summed E-state index contributed by atoms with van der Waals surface area (Å²) in [5, 5.41) is 5.90. The van der Waals surface area contributed by atoms with Crippen LogP contribution in [0, 0.1) is 5.92 Å². The highest BCUT2D eigenvalue weighted by atomic mass is 16.5. The third-order valence-electron chi connectivity index (χ3n) is 4.65. The maximum atomic E-state index is 12.7. The van der Waals surface area contributed by atoms with E-state index in [1.54, 1.807) is 38.1 Å². The number of alkyl carbamates (subject to hydrolysis) is 1. The number of carbonyl (C=O) groups excluding carboxylic acids is 2. The number of hydrogen-bond donors (Lipinski definition) is 2. The lowest BCUT2D eigenvalue weighted by Crippen LogP contribution is -2.46. The van der Waals surface area contributed by atoms with E-state index in [0.717, 1.165) is 4.57 Å². The Morgan fingerprint density at radius 3 is 2.43 bits per heavy atom. The van der Waals surface area contributed by atoms with Crippen LogP contribution in [0.5, 0.6) is 0 Å². The molecule has 1 unspecified atom stereocenters. The van der Waals surface area contributed by atoms with Crippen molar-refractivity contribution in [1.82, 2.24) is 19.8 Å². The van der Waals surface area contributed by atoms with Gasteiger partial charge in [0.05, 0.1) is 17.5 Å². The van der Waals surface area contributed by atoms with Crippen LogP contribution in [-0.2, 0) is 22.6 Å². The van der Waals surface area contributed by atoms with Gasteiger partial charge in [-0.05, 0) is 38.3 Å². The van der Waals surface area contributed by atoms with E-state index in [0.29, 0.717) is 23.2 Å². The smallest absolute Gasteiger partial charge is 0.407 e. The molecule has 0 spiro atoms. The fourth-order valence-electron chi connectivity index (χ4n) is 3.34. The van der Waals surface area contributed by atoms with Gasteiger partial charge in [0.2, 0.25) is 5.91 Å². The number of carbonyl (C=O) groups is 2. The summed E-state index contributed by atoms with van der Waals surface area (Å²) < 4.78 is 7.32. The van der Waals surface area contributed by atoms with Gasteiger partial charge in [0.15, 0.2) is 0 Å². The minimum Gasteiger partial charge on any atom is -0.450 e. The molecule has 1 heterocycles. The number of benzene rings is 1. The fourth-order valence-corrected chi connectivity index (χ4v) is 3.34. The second-order valence-electron chi connectivity index (χ2n) is 7.43. The molecule has 164 valence electrons. The molecule has 0 fully saturated rings. The maximum Gasteiger partial charge on any atom is 0.407 e. The van der Waals surface area contributed by atoms with Gasteiger partial charge >= 0.3 is 11.8 Å². The molecular weight excluding hydrogens is 388 g/mol. The van der Waals surface area contributed by atoms with E-state index in [1.807, 2.05) is 13.8 Å². The standard InChI is InChI=1S/C21H30N4O5/c1-5-24-19(27)16-9-7-8-10-17(16)25(21(24)29)13-18(26)22-12-15(11-14(3)4)23-20(28)30-6-2/h7-10,14-15H,5-6,11-13H2,1-4H3,(H,22,26)(H,23,28). The quantitative estimate of drug-likeness (QED) is 0.640. The highest BCUT2D eigenvalue weighted by Gasteiger charge is 2.18. The molecule has 1 atom stereocenters. The fraction of sp³-hybridized carbons (Fsp3) is 0.524. The van der Waals surface area contributed by atoms with Crippen LogP contribution in [0.25, 0.3) is 10.9 Å². The van der Waals surface area contributed by atoms with Gasteiger partial charge in [0, 0.05) is 19.1 Å².